The van der Waals surface area contributed by atoms with Crippen molar-refractivity contribution in [1.29, 1.82) is 0 Å². The van der Waals surface area contributed by atoms with E-state index in [2.05, 4.69) is 10.6 Å². The lowest BCUT2D eigenvalue weighted by atomic mass is 10.1. The lowest BCUT2D eigenvalue weighted by molar-refractivity contribution is 0.0962. The predicted molar refractivity (Wildman–Crippen MR) is 80.6 cm³/mol. The Hall–Kier alpha value is -2.82. The summed E-state index contributed by atoms with van der Waals surface area (Å²) in [6.07, 6.45) is 0. The topological polar surface area (TPSA) is 78.4 Å². The zero-order valence-electron chi connectivity index (χ0n) is 11.8. The van der Waals surface area contributed by atoms with Gasteiger partial charge in [0.1, 0.15) is 5.75 Å². The third-order valence-corrected chi connectivity index (χ3v) is 3.03. The molecule has 2 rings (SSSR count). The predicted octanol–water partition coefficient (Wildman–Crippen LogP) is 2.31. The number of carbonyl (C=O) groups excluding carboxylic acids is 2. The van der Waals surface area contributed by atoms with Gasteiger partial charge in [-0.3, -0.25) is 9.59 Å². The zero-order valence-corrected chi connectivity index (χ0v) is 11.8. The molecule has 0 saturated heterocycles. The first-order valence-corrected chi connectivity index (χ1v) is 6.44. The summed E-state index contributed by atoms with van der Waals surface area (Å²) in [4.78, 5) is 23.5. The summed E-state index contributed by atoms with van der Waals surface area (Å²) in [6.45, 7) is 1.84. The van der Waals surface area contributed by atoms with Crippen LogP contribution in [0.1, 0.15) is 26.3 Å². The normalized spacial score (nSPS) is 10.0. The van der Waals surface area contributed by atoms with Crippen LogP contribution in [0.4, 0.5) is 5.69 Å². The number of phenolic OH excluding ortho intramolecular Hbond substituents is 1. The molecule has 0 heterocycles. The third-order valence-electron chi connectivity index (χ3n) is 3.03. The van der Waals surface area contributed by atoms with E-state index < -0.39 is 5.91 Å². The monoisotopic (exact) mass is 284 g/mol. The Balaban J connectivity index is 2.16. The zero-order chi connectivity index (χ0) is 15.4. The summed E-state index contributed by atoms with van der Waals surface area (Å²) in [5.41, 5.74) is 2.15. The SMILES string of the molecule is CNC(=O)c1ccc(NC(=O)c2cc(C)ccc2O)cc1. The van der Waals surface area contributed by atoms with E-state index in [1.165, 1.54) is 6.07 Å². The van der Waals surface area contributed by atoms with Crippen molar-refractivity contribution in [3.63, 3.8) is 0 Å². The number of aryl methyl sites for hydroxylation is 1. The van der Waals surface area contributed by atoms with Crippen molar-refractivity contribution in [3.8, 4) is 5.75 Å². The van der Waals surface area contributed by atoms with E-state index in [9.17, 15) is 14.7 Å². The Bertz CT molecular complexity index is 678. The summed E-state index contributed by atoms with van der Waals surface area (Å²) in [5.74, 6) is -0.659. The fraction of sp³-hybridized carbons (Fsp3) is 0.125. The van der Waals surface area contributed by atoms with Crippen molar-refractivity contribution >= 4 is 17.5 Å². The summed E-state index contributed by atoms with van der Waals surface area (Å²) < 4.78 is 0. The molecule has 0 atom stereocenters. The molecule has 0 saturated carbocycles. The largest absolute Gasteiger partial charge is 0.507 e. The number of nitrogens with one attached hydrogen (secondary N) is 2. The lowest BCUT2D eigenvalue weighted by Gasteiger charge is -2.08. The van der Waals surface area contributed by atoms with Crippen molar-refractivity contribution < 1.29 is 14.7 Å². The van der Waals surface area contributed by atoms with Gasteiger partial charge in [-0.2, -0.15) is 0 Å². The van der Waals surface area contributed by atoms with Crippen LogP contribution in [0.25, 0.3) is 0 Å². The number of phenols is 1. The fourth-order valence-electron chi connectivity index (χ4n) is 1.88. The van der Waals surface area contributed by atoms with Crippen molar-refractivity contribution in [1.82, 2.24) is 5.32 Å². The summed E-state index contributed by atoms with van der Waals surface area (Å²) >= 11 is 0. The van der Waals surface area contributed by atoms with Crippen LogP contribution in [0.15, 0.2) is 42.5 Å². The second-order valence-electron chi connectivity index (χ2n) is 4.63. The van der Waals surface area contributed by atoms with Gasteiger partial charge in [-0.25, -0.2) is 0 Å². The van der Waals surface area contributed by atoms with Gasteiger partial charge in [0.15, 0.2) is 0 Å². The average Bonchev–Trinajstić information content (AvgIpc) is 2.49. The molecule has 21 heavy (non-hydrogen) atoms. The molecular formula is C16H16N2O3. The minimum Gasteiger partial charge on any atom is -0.507 e. The maximum atomic E-state index is 12.1. The minimum absolute atomic E-state index is 0.0694. The van der Waals surface area contributed by atoms with Gasteiger partial charge < -0.3 is 15.7 Å². The summed E-state index contributed by atoms with van der Waals surface area (Å²) in [5, 5.41) is 14.9. The van der Waals surface area contributed by atoms with E-state index in [0.717, 1.165) is 5.56 Å². The van der Waals surface area contributed by atoms with E-state index in [0.29, 0.717) is 11.3 Å². The van der Waals surface area contributed by atoms with Crippen LogP contribution >= 0.6 is 0 Å². The number of amides is 2. The van der Waals surface area contributed by atoms with Gasteiger partial charge >= 0.3 is 0 Å². The van der Waals surface area contributed by atoms with Gasteiger partial charge in [0.2, 0.25) is 0 Å². The highest BCUT2D eigenvalue weighted by Crippen LogP contribution is 2.20. The van der Waals surface area contributed by atoms with Crippen LogP contribution in [-0.4, -0.2) is 24.0 Å². The molecule has 0 aliphatic carbocycles. The first-order valence-electron chi connectivity index (χ1n) is 6.44. The summed E-state index contributed by atoms with van der Waals surface area (Å²) in [7, 11) is 1.55. The smallest absolute Gasteiger partial charge is 0.259 e. The molecule has 0 aromatic heterocycles. The van der Waals surface area contributed by atoms with Gasteiger partial charge in [0.25, 0.3) is 11.8 Å². The lowest BCUT2D eigenvalue weighted by Crippen LogP contribution is -2.18. The molecule has 108 valence electrons. The molecule has 0 aliphatic heterocycles. The molecule has 2 aromatic carbocycles. The van der Waals surface area contributed by atoms with Crippen molar-refractivity contribution in [3.05, 3.63) is 59.2 Å². The molecule has 0 unspecified atom stereocenters. The third kappa shape index (κ3) is 3.39. The van der Waals surface area contributed by atoms with Gasteiger partial charge in [-0.1, -0.05) is 11.6 Å². The Kier molecular flexibility index (Phi) is 4.23. The van der Waals surface area contributed by atoms with Gasteiger partial charge in [-0.15, -0.1) is 0 Å². The second-order valence-corrected chi connectivity index (χ2v) is 4.63. The van der Waals surface area contributed by atoms with E-state index >= 15 is 0 Å². The number of rotatable bonds is 3. The molecular weight excluding hydrogens is 268 g/mol. The van der Waals surface area contributed by atoms with Crippen LogP contribution in [0.5, 0.6) is 5.75 Å². The van der Waals surface area contributed by atoms with E-state index in [1.807, 2.05) is 6.92 Å². The molecule has 0 bridgehead atoms. The molecule has 0 aliphatic rings. The van der Waals surface area contributed by atoms with Crippen molar-refractivity contribution in [2.24, 2.45) is 0 Å². The summed E-state index contributed by atoms with van der Waals surface area (Å²) in [6, 6.07) is 11.3. The average molecular weight is 284 g/mol. The molecule has 2 aromatic rings. The Labute approximate surface area is 122 Å². The van der Waals surface area contributed by atoms with Crippen LogP contribution in [0.2, 0.25) is 0 Å². The van der Waals surface area contributed by atoms with Gasteiger partial charge in [0, 0.05) is 18.3 Å². The van der Waals surface area contributed by atoms with Gasteiger partial charge in [0.05, 0.1) is 5.56 Å². The Morgan fingerprint density at radius 3 is 2.29 bits per heavy atom. The van der Waals surface area contributed by atoms with Crippen LogP contribution in [0.3, 0.4) is 0 Å². The second kappa shape index (κ2) is 6.09. The van der Waals surface area contributed by atoms with E-state index in [4.69, 9.17) is 0 Å². The number of hydrogen-bond donors (Lipinski definition) is 3. The van der Waals surface area contributed by atoms with Crippen molar-refractivity contribution in [2.75, 3.05) is 12.4 Å². The number of benzene rings is 2. The molecule has 3 N–H and O–H groups in total. The maximum Gasteiger partial charge on any atom is 0.259 e. The molecule has 2 amide bonds. The highest BCUT2D eigenvalue weighted by molar-refractivity contribution is 6.06. The first-order chi connectivity index (χ1) is 10.0. The van der Waals surface area contributed by atoms with Crippen molar-refractivity contribution in [2.45, 2.75) is 6.92 Å². The van der Waals surface area contributed by atoms with E-state index in [-0.39, 0.29) is 17.2 Å². The quantitative estimate of drug-likeness (QED) is 0.809. The molecule has 0 radical (unpaired) electrons. The first kappa shape index (κ1) is 14.6. The number of carbonyl (C=O) groups is 2. The highest BCUT2D eigenvalue weighted by Gasteiger charge is 2.12. The van der Waals surface area contributed by atoms with E-state index in [1.54, 1.807) is 43.4 Å². The highest BCUT2D eigenvalue weighted by atomic mass is 16.3. The molecule has 5 nitrogen and oxygen atoms in total. The molecule has 0 spiro atoms. The molecule has 0 fully saturated rings. The fourth-order valence-corrected chi connectivity index (χ4v) is 1.88. The number of aromatic hydroxyl groups is 1. The number of anilines is 1. The Morgan fingerprint density at radius 2 is 1.67 bits per heavy atom. The van der Waals surface area contributed by atoms with Crippen LogP contribution in [0, 0.1) is 6.92 Å². The van der Waals surface area contributed by atoms with Crippen LogP contribution < -0.4 is 10.6 Å². The Morgan fingerprint density at radius 1 is 1.00 bits per heavy atom. The molecule has 5 heteroatoms. The minimum atomic E-state index is -0.399. The number of hydrogen-bond acceptors (Lipinski definition) is 3. The maximum absolute atomic E-state index is 12.1. The standard InChI is InChI=1S/C16H16N2O3/c1-10-3-8-14(19)13(9-10)16(21)18-12-6-4-11(5-7-12)15(20)17-2/h3-9,19H,1-2H3,(H,17,20)(H,18,21). The van der Waals surface area contributed by atoms with Crippen LogP contribution in [-0.2, 0) is 0 Å². The van der Waals surface area contributed by atoms with Gasteiger partial charge in [-0.05, 0) is 43.3 Å².